The predicted octanol–water partition coefficient (Wildman–Crippen LogP) is 2.13. The van der Waals surface area contributed by atoms with Crippen LogP contribution in [0, 0.1) is 5.92 Å². The largest absolute Gasteiger partial charge is 0.363 e. The van der Waals surface area contributed by atoms with Crippen LogP contribution in [0.3, 0.4) is 0 Å². The Balaban J connectivity index is 0.000000160. The maximum Gasteiger partial charge on any atom is 0.0969 e. The highest BCUT2D eigenvalue weighted by molar-refractivity contribution is 4.66. The summed E-state index contributed by atoms with van der Waals surface area (Å²) in [5, 5.41) is 6.48. The van der Waals surface area contributed by atoms with E-state index in [-0.39, 0.29) is 0 Å². The fourth-order valence-electron chi connectivity index (χ4n) is 2.21. The lowest BCUT2D eigenvalue weighted by Crippen LogP contribution is -2.32. The Morgan fingerprint density at radius 3 is 2.00 bits per heavy atom. The molecule has 0 aromatic heterocycles. The van der Waals surface area contributed by atoms with Gasteiger partial charge in [0.25, 0.3) is 0 Å². The van der Waals surface area contributed by atoms with E-state index in [1.54, 1.807) is 0 Å². The number of ether oxygens (including phenoxy) is 1. The third kappa shape index (κ3) is 5.83. The summed E-state index contributed by atoms with van der Waals surface area (Å²) in [5.41, 5.74) is 0. The fraction of sp³-hybridized carbons (Fsp3) is 1.00. The van der Waals surface area contributed by atoms with E-state index in [1.165, 1.54) is 38.8 Å². The first-order valence-electron chi connectivity index (χ1n) is 6.89. The van der Waals surface area contributed by atoms with E-state index in [9.17, 15) is 0 Å². The summed E-state index contributed by atoms with van der Waals surface area (Å²) in [6, 6.07) is 0. The Labute approximate surface area is 100 Å². The van der Waals surface area contributed by atoms with Gasteiger partial charge in [0, 0.05) is 0 Å². The van der Waals surface area contributed by atoms with Crippen LogP contribution in [0.5, 0.6) is 0 Å². The average Bonchev–Trinajstić information content (AvgIpc) is 2.41. The normalized spacial score (nSPS) is 27.0. The van der Waals surface area contributed by atoms with E-state index < -0.39 is 0 Å². The van der Waals surface area contributed by atoms with Gasteiger partial charge in [0.15, 0.2) is 0 Å². The monoisotopic (exact) mass is 228 g/mol. The van der Waals surface area contributed by atoms with Gasteiger partial charge in [-0.15, -0.1) is 0 Å². The summed E-state index contributed by atoms with van der Waals surface area (Å²) in [5.74, 6) is 1.02. The highest BCUT2D eigenvalue weighted by Crippen LogP contribution is 2.14. The Morgan fingerprint density at radius 2 is 1.62 bits per heavy atom. The zero-order chi connectivity index (χ0) is 11.6. The maximum absolute atomic E-state index is 5.32. The van der Waals surface area contributed by atoms with Crippen LogP contribution in [-0.4, -0.2) is 32.5 Å². The lowest BCUT2D eigenvalue weighted by Gasteiger charge is -2.21. The van der Waals surface area contributed by atoms with E-state index in [0.717, 1.165) is 25.6 Å². The van der Waals surface area contributed by atoms with Crippen LogP contribution in [0.2, 0.25) is 0 Å². The molecule has 1 atom stereocenters. The first kappa shape index (κ1) is 13.9. The molecule has 2 aliphatic heterocycles. The van der Waals surface area contributed by atoms with Crippen LogP contribution < -0.4 is 10.6 Å². The molecule has 1 unspecified atom stereocenters. The van der Waals surface area contributed by atoms with Crippen molar-refractivity contribution in [3.63, 3.8) is 0 Å². The van der Waals surface area contributed by atoms with E-state index >= 15 is 0 Å². The van der Waals surface area contributed by atoms with E-state index in [4.69, 9.17) is 4.74 Å². The van der Waals surface area contributed by atoms with Crippen molar-refractivity contribution in [2.24, 2.45) is 5.92 Å². The third-order valence-electron chi connectivity index (χ3n) is 3.56. The van der Waals surface area contributed by atoms with Gasteiger partial charge in [0.2, 0.25) is 0 Å². The van der Waals surface area contributed by atoms with Crippen LogP contribution >= 0.6 is 0 Å². The van der Waals surface area contributed by atoms with Crippen molar-refractivity contribution >= 4 is 0 Å². The zero-order valence-corrected chi connectivity index (χ0v) is 10.9. The summed E-state index contributed by atoms with van der Waals surface area (Å²) in [4.78, 5) is 0. The zero-order valence-electron chi connectivity index (χ0n) is 10.9. The molecular weight excluding hydrogens is 200 g/mol. The highest BCUT2D eigenvalue weighted by atomic mass is 16.5. The van der Waals surface area contributed by atoms with Gasteiger partial charge in [0.1, 0.15) is 0 Å². The van der Waals surface area contributed by atoms with Crippen LogP contribution in [0.15, 0.2) is 0 Å². The SMILES string of the molecule is CCC1CCNCC1.CCC1CCNCO1. The minimum Gasteiger partial charge on any atom is -0.363 e. The molecule has 2 N–H and O–H groups in total. The second-order valence-corrected chi connectivity index (χ2v) is 4.73. The van der Waals surface area contributed by atoms with E-state index in [0.29, 0.717) is 6.10 Å². The molecule has 2 rings (SSSR count). The second kappa shape index (κ2) is 8.97. The van der Waals surface area contributed by atoms with Gasteiger partial charge in [-0.25, -0.2) is 0 Å². The highest BCUT2D eigenvalue weighted by Gasteiger charge is 2.09. The molecule has 0 bridgehead atoms. The summed E-state index contributed by atoms with van der Waals surface area (Å²) in [6.07, 6.45) is 7.03. The van der Waals surface area contributed by atoms with Gasteiger partial charge in [-0.3, -0.25) is 5.32 Å². The lowest BCUT2D eigenvalue weighted by atomic mass is 9.96. The quantitative estimate of drug-likeness (QED) is 0.759. The van der Waals surface area contributed by atoms with Gasteiger partial charge in [-0.05, 0) is 51.2 Å². The van der Waals surface area contributed by atoms with Crippen LogP contribution in [0.25, 0.3) is 0 Å². The first-order valence-corrected chi connectivity index (χ1v) is 6.89. The predicted molar refractivity (Wildman–Crippen MR) is 68.5 cm³/mol. The molecule has 96 valence electrons. The summed E-state index contributed by atoms with van der Waals surface area (Å²) in [6.45, 7) is 8.82. The molecule has 0 aromatic rings. The Kier molecular flexibility index (Phi) is 7.81. The maximum atomic E-state index is 5.32. The second-order valence-electron chi connectivity index (χ2n) is 4.73. The molecule has 16 heavy (non-hydrogen) atoms. The third-order valence-corrected chi connectivity index (χ3v) is 3.56. The lowest BCUT2D eigenvalue weighted by molar-refractivity contribution is 0.00565. The number of piperidine rings is 1. The molecule has 2 saturated heterocycles. The summed E-state index contributed by atoms with van der Waals surface area (Å²) >= 11 is 0. The number of hydrogen-bond acceptors (Lipinski definition) is 3. The van der Waals surface area contributed by atoms with Crippen molar-refractivity contribution in [2.45, 2.75) is 52.1 Å². The molecule has 0 spiro atoms. The van der Waals surface area contributed by atoms with Crippen molar-refractivity contribution in [1.29, 1.82) is 0 Å². The Morgan fingerprint density at radius 1 is 0.938 bits per heavy atom. The summed E-state index contributed by atoms with van der Waals surface area (Å²) < 4.78 is 5.32. The minimum atomic E-state index is 0.524. The van der Waals surface area contributed by atoms with Gasteiger partial charge in [0.05, 0.1) is 12.8 Å². The number of nitrogens with one attached hydrogen (secondary N) is 2. The molecule has 0 saturated carbocycles. The number of hydrogen-bond donors (Lipinski definition) is 2. The van der Waals surface area contributed by atoms with Crippen molar-refractivity contribution in [3.8, 4) is 0 Å². The molecule has 0 aromatic carbocycles. The smallest absolute Gasteiger partial charge is 0.0969 e. The van der Waals surface area contributed by atoms with Crippen molar-refractivity contribution in [2.75, 3.05) is 26.4 Å². The van der Waals surface area contributed by atoms with Crippen LogP contribution in [0.4, 0.5) is 0 Å². The average molecular weight is 228 g/mol. The molecule has 3 heteroatoms. The van der Waals surface area contributed by atoms with Gasteiger partial charge in [-0.1, -0.05) is 20.3 Å². The minimum absolute atomic E-state index is 0.524. The van der Waals surface area contributed by atoms with E-state index in [2.05, 4.69) is 24.5 Å². The summed E-state index contributed by atoms with van der Waals surface area (Å²) in [7, 11) is 0. The van der Waals surface area contributed by atoms with Gasteiger partial charge < -0.3 is 10.1 Å². The first-order chi connectivity index (χ1) is 7.86. The van der Waals surface area contributed by atoms with Crippen molar-refractivity contribution in [1.82, 2.24) is 10.6 Å². The van der Waals surface area contributed by atoms with Crippen molar-refractivity contribution in [3.05, 3.63) is 0 Å². The topological polar surface area (TPSA) is 33.3 Å². The standard InChI is InChI=1S/C7H15N.C6H13NO/c1-2-7-3-5-8-6-4-7;1-2-6-3-4-7-5-8-6/h7-8H,2-6H2,1H3;6-7H,2-5H2,1H3. The van der Waals surface area contributed by atoms with Crippen LogP contribution in [-0.2, 0) is 4.74 Å². The van der Waals surface area contributed by atoms with Gasteiger partial charge >= 0.3 is 0 Å². The molecule has 2 heterocycles. The molecule has 0 radical (unpaired) electrons. The molecule has 2 aliphatic rings. The molecular formula is C13H28N2O. The van der Waals surface area contributed by atoms with Gasteiger partial charge in [-0.2, -0.15) is 0 Å². The molecule has 3 nitrogen and oxygen atoms in total. The molecule has 0 amide bonds. The van der Waals surface area contributed by atoms with Crippen LogP contribution in [0.1, 0.15) is 46.0 Å². The fourth-order valence-corrected chi connectivity index (χ4v) is 2.21. The number of rotatable bonds is 2. The molecule has 0 aliphatic carbocycles. The Bertz CT molecular complexity index is 134. The van der Waals surface area contributed by atoms with Crippen molar-refractivity contribution < 1.29 is 4.74 Å². The molecule has 2 fully saturated rings. The Hall–Kier alpha value is -0.120. The van der Waals surface area contributed by atoms with E-state index in [1.807, 2.05) is 0 Å².